The number of nitrogens with zero attached hydrogens (tertiary/aromatic N) is 1. The maximum atomic E-state index is 14.0. The Labute approximate surface area is 283 Å². The molecule has 3 heterocycles. The average Bonchev–Trinajstić information content (AvgIpc) is 3.18. The number of hydrogen-bond acceptors (Lipinski definition) is 7. The largest absolute Gasteiger partial charge is 0.490 e. The van der Waals surface area contributed by atoms with Gasteiger partial charge in [0, 0.05) is 42.3 Å². The SMILES string of the molecule is C[C@@H]1C/C=C/[C@H](O)[C@@H]2CC[C@H]2CN2C[C@@]3(CCCc4cc(Cl)ccc43)COc3ccc(cc32)C(=O)NS(=O)(=O)[C@@H]1CC1CCOCC1. The predicted octanol–water partition coefficient (Wildman–Crippen LogP) is 6.04. The highest BCUT2D eigenvalue weighted by molar-refractivity contribution is 7.90. The maximum Gasteiger partial charge on any atom is 0.264 e. The number of benzene rings is 2. The van der Waals surface area contributed by atoms with Crippen molar-refractivity contribution >= 4 is 33.2 Å². The van der Waals surface area contributed by atoms with Crippen LogP contribution >= 0.6 is 11.6 Å². The van der Waals surface area contributed by atoms with Crippen molar-refractivity contribution in [3.8, 4) is 5.75 Å². The molecule has 2 aromatic rings. The van der Waals surface area contributed by atoms with Crippen molar-refractivity contribution in [2.24, 2.45) is 23.7 Å². The van der Waals surface area contributed by atoms with Crippen molar-refractivity contribution in [3.63, 3.8) is 0 Å². The molecule has 47 heavy (non-hydrogen) atoms. The van der Waals surface area contributed by atoms with Gasteiger partial charge in [-0.15, -0.1) is 0 Å². The smallest absolute Gasteiger partial charge is 0.264 e. The first-order valence-electron chi connectivity index (χ1n) is 17.4. The van der Waals surface area contributed by atoms with E-state index in [1.165, 1.54) is 11.1 Å². The number of carbonyl (C=O) groups excluding carboxylic acids is 1. The number of aliphatic hydroxyl groups is 1. The van der Waals surface area contributed by atoms with E-state index in [9.17, 15) is 18.3 Å². The number of hydrogen-bond donors (Lipinski definition) is 2. The fourth-order valence-electron chi connectivity index (χ4n) is 8.78. The Hall–Kier alpha value is -2.59. The summed E-state index contributed by atoms with van der Waals surface area (Å²) < 4.78 is 42.5. The zero-order valence-corrected chi connectivity index (χ0v) is 28.8. The lowest BCUT2D eigenvalue weighted by molar-refractivity contribution is 0.0455. The summed E-state index contributed by atoms with van der Waals surface area (Å²) in [5, 5.41) is 11.3. The zero-order chi connectivity index (χ0) is 32.8. The van der Waals surface area contributed by atoms with Gasteiger partial charge in [0.1, 0.15) is 5.75 Å². The summed E-state index contributed by atoms with van der Waals surface area (Å²) in [6, 6.07) is 11.5. The van der Waals surface area contributed by atoms with E-state index in [-0.39, 0.29) is 29.1 Å². The molecule has 2 aliphatic carbocycles. The van der Waals surface area contributed by atoms with E-state index in [1.807, 2.05) is 31.2 Å². The van der Waals surface area contributed by atoms with Crippen LogP contribution in [0.4, 0.5) is 5.69 Å². The number of anilines is 1. The first-order valence-corrected chi connectivity index (χ1v) is 19.3. The Kier molecular flexibility index (Phi) is 9.37. The van der Waals surface area contributed by atoms with Gasteiger partial charge in [-0.25, -0.2) is 13.1 Å². The third-order valence-corrected chi connectivity index (χ3v) is 13.8. The number of ether oxygens (including phenoxy) is 2. The van der Waals surface area contributed by atoms with Crippen molar-refractivity contribution in [2.45, 2.75) is 81.5 Å². The summed E-state index contributed by atoms with van der Waals surface area (Å²) >= 11 is 6.42. The third-order valence-electron chi connectivity index (χ3n) is 11.7. The molecular formula is C37H47ClN2O6S. The standard InChI is InChI=1S/C37H47ClN2O6S/c1-24-4-2-6-33(41)30-10-7-28(30)21-40-22-37(15-3-5-26-19-29(38)9-11-31(26)37)23-46-34-12-8-27(20-32(34)40)36(42)39-47(43,44)35(24)18-25-13-16-45-17-14-25/h2,6,8-9,11-12,19-20,24-25,28,30,33,35,41H,3-5,7,10,13-18,21-23H2,1H3,(H,39,42)/b6-2+/t24-,28+,30-,33+,35-,37+/m1/s1. The number of fused-ring (bicyclic) bond motifs is 4. The Morgan fingerprint density at radius 1 is 1.11 bits per heavy atom. The van der Waals surface area contributed by atoms with Crippen LogP contribution in [0.1, 0.15) is 79.8 Å². The second kappa shape index (κ2) is 13.4. The Morgan fingerprint density at radius 3 is 2.72 bits per heavy atom. The fourth-order valence-corrected chi connectivity index (χ4v) is 10.7. The van der Waals surface area contributed by atoms with Gasteiger partial charge in [0.15, 0.2) is 0 Å². The molecule has 5 aliphatic rings. The molecule has 8 nitrogen and oxygen atoms in total. The van der Waals surface area contributed by atoms with E-state index in [1.54, 1.807) is 12.1 Å². The molecule has 2 bridgehead atoms. The first kappa shape index (κ1) is 32.9. The molecule has 2 fully saturated rings. The van der Waals surface area contributed by atoms with E-state index in [0.29, 0.717) is 57.1 Å². The summed E-state index contributed by atoms with van der Waals surface area (Å²) in [4.78, 5) is 16.1. The van der Waals surface area contributed by atoms with Crippen LogP contribution in [0.2, 0.25) is 5.02 Å². The first-order chi connectivity index (χ1) is 22.6. The zero-order valence-electron chi connectivity index (χ0n) is 27.2. The average molecular weight is 683 g/mol. The van der Waals surface area contributed by atoms with Crippen LogP contribution in [-0.4, -0.2) is 63.7 Å². The summed E-state index contributed by atoms with van der Waals surface area (Å²) in [6.07, 6.45) is 10.7. The van der Waals surface area contributed by atoms with Crippen molar-refractivity contribution in [2.75, 3.05) is 37.8 Å². The summed E-state index contributed by atoms with van der Waals surface area (Å²) in [5.74, 6) is 0.431. The van der Waals surface area contributed by atoms with Gasteiger partial charge in [0.05, 0.1) is 23.6 Å². The van der Waals surface area contributed by atoms with Gasteiger partial charge in [-0.05, 0) is 123 Å². The lowest BCUT2D eigenvalue weighted by atomic mass is 9.68. The minimum Gasteiger partial charge on any atom is -0.490 e. The molecular weight excluding hydrogens is 636 g/mol. The quantitative estimate of drug-likeness (QED) is 0.372. The van der Waals surface area contributed by atoms with Gasteiger partial charge in [-0.1, -0.05) is 36.7 Å². The molecule has 6 atom stereocenters. The van der Waals surface area contributed by atoms with Crippen molar-refractivity contribution in [1.29, 1.82) is 0 Å². The number of nitrogens with one attached hydrogen (secondary N) is 1. The molecule has 1 saturated heterocycles. The lowest BCUT2D eigenvalue weighted by Crippen LogP contribution is -2.49. The number of allylic oxidation sites excluding steroid dienone is 1. The van der Waals surface area contributed by atoms with Crippen LogP contribution in [0.3, 0.4) is 0 Å². The minimum absolute atomic E-state index is 0.115. The number of amides is 1. The van der Waals surface area contributed by atoms with Crippen LogP contribution in [0.25, 0.3) is 0 Å². The summed E-state index contributed by atoms with van der Waals surface area (Å²) in [5.41, 5.74) is 3.33. The van der Waals surface area contributed by atoms with Crippen LogP contribution in [0.15, 0.2) is 48.6 Å². The van der Waals surface area contributed by atoms with Crippen molar-refractivity contribution < 1.29 is 27.8 Å². The van der Waals surface area contributed by atoms with Crippen LogP contribution in [0.5, 0.6) is 5.75 Å². The summed E-state index contributed by atoms with van der Waals surface area (Å²) in [7, 11) is -4.01. The highest BCUT2D eigenvalue weighted by Crippen LogP contribution is 2.47. The van der Waals surface area contributed by atoms with E-state index < -0.39 is 27.3 Å². The van der Waals surface area contributed by atoms with E-state index in [0.717, 1.165) is 55.7 Å². The maximum absolute atomic E-state index is 14.0. The molecule has 1 spiro atoms. The second-order valence-corrected chi connectivity index (χ2v) is 17.1. The molecule has 1 saturated carbocycles. The molecule has 0 aromatic heterocycles. The van der Waals surface area contributed by atoms with Crippen LogP contribution in [0, 0.1) is 23.7 Å². The Morgan fingerprint density at radius 2 is 1.94 bits per heavy atom. The molecule has 0 radical (unpaired) electrons. The summed E-state index contributed by atoms with van der Waals surface area (Å²) in [6.45, 7) is 5.09. The van der Waals surface area contributed by atoms with Gasteiger partial charge in [0.2, 0.25) is 10.0 Å². The van der Waals surface area contributed by atoms with E-state index in [2.05, 4.69) is 21.8 Å². The number of aliphatic hydroxyl groups excluding tert-OH is 1. The molecule has 1 amide bonds. The third kappa shape index (κ3) is 6.70. The molecule has 7 rings (SSSR count). The normalized spacial score (nSPS) is 33.4. The topological polar surface area (TPSA) is 105 Å². The Balaban J connectivity index is 1.26. The van der Waals surface area contributed by atoms with E-state index >= 15 is 0 Å². The van der Waals surface area contributed by atoms with Crippen molar-refractivity contribution in [3.05, 3.63) is 70.3 Å². The monoisotopic (exact) mass is 682 g/mol. The number of sulfonamides is 1. The van der Waals surface area contributed by atoms with Gasteiger partial charge in [0.25, 0.3) is 5.91 Å². The molecule has 3 aliphatic heterocycles. The van der Waals surface area contributed by atoms with Crippen LogP contribution in [-0.2, 0) is 26.6 Å². The molecule has 2 N–H and O–H groups in total. The molecule has 10 heteroatoms. The highest BCUT2D eigenvalue weighted by atomic mass is 35.5. The fraction of sp³-hybridized carbons (Fsp3) is 0.595. The highest BCUT2D eigenvalue weighted by Gasteiger charge is 2.44. The van der Waals surface area contributed by atoms with Gasteiger partial charge < -0.3 is 19.5 Å². The minimum atomic E-state index is -4.01. The molecule has 2 aromatic carbocycles. The number of halogens is 1. The predicted molar refractivity (Wildman–Crippen MR) is 184 cm³/mol. The van der Waals surface area contributed by atoms with Gasteiger partial charge in [-0.2, -0.15) is 0 Å². The number of rotatable bonds is 2. The number of aryl methyl sites for hydroxylation is 1. The number of carbonyl (C=O) groups is 1. The van der Waals surface area contributed by atoms with Crippen molar-refractivity contribution in [1.82, 2.24) is 4.72 Å². The lowest BCUT2D eigenvalue weighted by Gasteiger charge is -2.45. The van der Waals surface area contributed by atoms with Gasteiger partial charge >= 0.3 is 0 Å². The van der Waals surface area contributed by atoms with Crippen LogP contribution < -0.4 is 14.4 Å². The molecule has 0 unspecified atom stereocenters. The second-order valence-electron chi connectivity index (χ2n) is 14.7. The van der Waals surface area contributed by atoms with Gasteiger partial charge in [-0.3, -0.25) is 4.79 Å². The van der Waals surface area contributed by atoms with E-state index in [4.69, 9.17) is 21.1 Å². The Bertz CT molecular complexity index is 1620. The molecule has 254 valence electrons.